The highest BCUT2D eigenvalue weighted by atomic mass is 15.2. The van der Waals surface area contributed by atoms with Crippen molar-refractivity contribution in [1.82, 2.24) is 19.8 Å². The van der Waals surface area contributed by atoms with Crippen molar-refractivity contribution < 1.29 is 0 Å². The molecule has 3 heterocycles. The molecule has 2 aliphatic rings. The molecule has 26 heavy (non-hydrogen) atoms. The molecular formula is C22H30N4. The molecule has 0 aliphatic carbocycles. The highest BCUT2D eigenvalue weighted by molar-refractivity contribution is 5.21. The lowest BCUT2D eigenvalue weighted by atomic mass is 9.68. The fourth-order valence-electron chi connectivity index (χ4n) is 4.85. The zero-order valence-electron chi connectivity index (χ0n) is 15.8. The van der Waals surface area contributed by atoms with E-state index in [0.29, 0.717) is 11.3 Å². The van der Waals surface area contributed by atoms with Gasteiger partial charge in [0.2, 0.25) is 0 Å². The molecule has 0 amide bonds. The molecular weight excluding hydrogens is 320 g/mol. The predicted molar refractivity (Wildman–Crippen MR) is 105 cm³/mol. The summed E-state index contributed by atoms with van der Waals surface area (Å²) in [5.41, 5.74) is 1.99. The highest BCUT2D eigenvalue weighted by Gasteiger charge is 2.41. The maximum atomic E-state index is 4.39. The minimum atomic E-state index is 0.475. The van der Waals surface area contributed by atoms with Gasteiger partial charge in [0, 0.05) is 25.5 Å². The van der Waals surface area contributed by atoms with Crippen LogP contribution in [0.1, 0.15) is 43.5 Å². The molecule has 0 saturated carbocycles. The Morgan fingerprint density at radius 1 is 1.00 bits per heavy atom. The van der Waals surface area contributed by atoms with Crippen molar-refractivity contribution in [2.24, 2.45) is 5.41 Å². The molecule has 0 radical (unpaired) electrons. The van der Waals surface area contributed by atoms with Gasteiger partial charge in [-0.25, -0.2) is 9.97 Å². The van der Waals surface area contributed by atoms with Crippen LogP contribution in [0, 0.1) is 5.41 Å². The smallest absolute Gasteiger partial charge is 0.142 e. The Bertz CT molecular complexity index is 680. The number of hydrogen-bond donors (Lipinski definition) is 0. The van der Waals surface area contributed by atoms with Crippen LogP contribution in [0.4, 0.5) is 0 Å². The first-order valence-electron chi connectivity index (χ1n) is 10.0. The van der Waals surface area contributed by atoms with Gasteiger partial charge < -0.3 is 4.90 Å². The first-order chi connectivity index (χ1) is 12.8. The second kappa shape index (κ2) is 7.85. The predicted octanol–water partition coefficient (Wildman–Crippen LogP) is 3.57. The molecule has 4 heteroatoms. The van der Waals surface area contributed by atoms with Crippen LogP contribution in [0.5, 0.6) is 0 Å². The van der Waals surface area contributed by atoms with E-state index in [1.165, 1.54) is 37.9 Å². The molecule has 2 saturated heterocycles. The number of benzene rings is 1. The number of piperidine rings is 2. The first-order valence-corrected chi connectivity index (χ1v) is 10.0. The van der Waals surface area contributed by atoms with Gasteiger partial charge in [-0.15, -0.1) is 0 Å². The molecule has 1 aromatic heterocycles. The number of likely N-dealkylation sites (N-methyl/N-ethyl adjacent to an activating group) is 1. The fourth-order valence-corrected chi connectivity index (χ4v) is 4.85. The van der Waals surface area contributed by atoms with E-state index in [4.69, 9.17) is 0 Å². The third-order valence-electron chi connectivity index (χ3n) is 6.34. The fraction of sp³-hybridized carbons (Fsp3) is 0.545. The monoisotopic (exact) mass is 350 g/mol. The van der Waals surface area contributed by atoms with Crippen molar-refractivity contribution in [2.45, 2.75) is 38.6 Å². The van der Waals surface area contributed by atoms with E-state index in [9.17, 15) is 0 Å². The van der Waals surface area contributed by atoms with Gasteiger partial charge in [0.05, 0.1) is 6.54 Å². The van der Waals surface area contributed by atoms with Crippen LogP contribution < -0.4 is 0 Å². The Hall–Kier alpha value is -1.78. The topological polar surface area (TPSA) is 32.3 Å². The van der Waals surface area contributed by atoms with Crippen LogP contribution in [0.2, 0.25) is 0 Å². The Balaban J connectivity index is 1.43. The second-order valence-corrected chi connectivity index (χ2v) is 8.08. The number of aromatic nitrogens is 2. The number of rotatable bonds is 4. The molecule has 138 valence electrons. The van der Waals surface area contributed by atoms with Crippen LogP contribution >= 0.6 is 0 Å². The van der Waals surface area contributed by atoms with E-state index < -0.39 is 0 Å². The third kappa shape index (κ3) is 3.97. The highest BCUT2D eigenvalue weighted by Crippen LogP contribution is 2.45. The molecule has 2 aliphatic heterocycles. The summed E-state index contributed by atoms with van der Waals surface area (Å²) in [6, 6.07) is 13.0. The van der Waals surface area contributed by atoms with E-state index in [1.54, 1.807) is 0 Å². The Morgan fingerprint density at radius 2 is 1.73 bits per heavy atom. The van der Waals surface area contributed by atoms with Gasteiger partial charge in [-0.05, 0) is 61.9 Å². The van der Waals surface area contributed by atoms with E-state index in [0.717, 1.165) is 32.0 Å². The van der Waals surface area contributed by atoms with Crippen molar-refractivity contribution in [3.63, 3.8) is 0 Å². The molecule has 1 aromatic carbocycles. The normalized spacial score (nSPS) is 24.0. The summed E-state index contributed by atoms with van der Waals surface area (Å²) < 4.78 is 0. The molecule has 1 unspecified atom stereocenters. The summed E-state index contributed by atoms with van der Waals surface area (Å²) in [5.74, 6) is 1.62. The van der Waals surface area contributed by atoms with Crippen LogP contribution in [0.15, 0.2) is 48.8 Å². The maximum absolute atomic E-state index is 4.39. The first kappa shape index (κ1) is 17.6. The number of hydrogen-bond acceptors (Lipinski definition) is 4. The zero-order chi connectivity index (χ0) is 17.8. The second-order valence-electron chi connectivity index (χ2n) is 8.08. The minimum Gasteiger partial charge on any atom is -0.302 e. The van der Waals surface area contributed by atoms with Crippen molar-refractivity contribution in [3.8, 4) is 0 Å². The average Bonchev–Trinajstić information content (AvgIpc) is 2.71. The molecule has 2 aromatic rings. The number of likely N-dealkylation sites (tertiary alicyclic amines) is 2. The van der Waals surface area contributed by atoms with Crippen LogP contribution in [0.3, 0.4) is 0 Å². The molecule has 2 fully saturated rings. The van der Waals surface area contributed by atoms with Gasteiger partial charge in [-0.3, -0.25) is 4.90 Å². The molecule has 0 bridgehead atoms. The summed E-state index contributed by atoms with van der Waals surface area (Å²) in [5, 5.41) is 0. The summed E-state index contributed by atoms with van der Waals surface area (Å²) in [6.45, 7) is 9.16. The SMILES string of the molecule is CCN1CC(c2ccccc2)CC2(CCN(Cc3ncccn3)CC2)C1. The molecule has 1 spiro atoms. The zero-order valence-corrected chi connectivity index (χ0v) is 15.8. The van der Waals surface area contributed by atoms with Gasteiger partial charge >= 0.3 is 0 Å². The van der Waals surface area contributed by atoms with Gasteiger partial charge in [-0.2, -0.15) is 0 Å². The summed E-state index contributed by atoms with van der Waals surface area (Å²) in [6.07, 6.45) is 7.61. The summed E-state index contributed by atoms with van der Waals surface area (Å²) >= 11 is 0. The van der Waals surface area contributed by atoms with Crippen LogP contribution in [-0.4, -0.2) is 52.5 Å². The average molecular weight is 351 g/mol. The minimum absolute atomic E-state index is 0.475. The molecule has 0 N–H and O–H groups in total. The van der Waals surface area contributed by atoms with Crippen molar-refractivity contribution >= 4 is 0 Å². The quantitative estimate of drug-likeness (QED) is 0.844. The summed E-state index contributed by atoms with van der Waals surface area (Å²) in [7, 11) is 0. The Morgan fingerprint density at radius 3 is 2.42 bits per heavy atom. The van der Waals surface area contributed by atoms with Crippen molar-refractivity contribution in [1.29, 1.82) is 0 Å². The lowest BCUT2D eigenvalue weighted by molar-refractivity contribution is 0.0131. The maximum Gasteiger partial charge on any atom is 0.142 e. The van der Waals surface area contributed by atoms with Crippen LogP contribution in [-0.2, 0) is 6.54 Å². The van der Waals surface area contributed by atoms with E-state index >= 15 is 0 Å². The molecule has 4 nitrogen and oxygen atoms in total. The van der Waals surface area contributed by atoms with Crippen molar-refractivity contribution in [3.05, 3.63) is 60.2 Å². The van der Waals surface area contributed by atoms with Gasteiger partial charge in [-0.1, -0.05) is 37.3 Å². The van der Waals surface area contributed by atoms with E-state index in [1.807, 2.05) is 18.5 Å². The molecule has 4 rings (SSSR count). The Labute approximate surface area is 157 Å². The van der Waals surface area contributed by atoms with Crippen LogP contribution in [0.25, 0.3) is 0 Å². The van der Waals surface area contributed by atoms with Gasteiger partial charge in [0.25, 0.3) is 0 Å². The van der Waals surface area contributed by atoms with Gasteiger partial charge in [0.15, 0.2) is 0 Å². The number of nitrogens with zero attached hydrogens (tertiary/aromatic N) is 4. The lowest BCUT2D eigenvalue weighted by Crippen LogP contribution is -2.51. The van der Waals surface area contributed by atoms with Gasteiger partial charge in [0.1, 0.15) is 5.82 Å². The van der Waals surface area contributed by atoms with E-state index in [2.05, 4.69) is 57.0 Å². The molecule has 1 atom stereocenters. The third-order valence-corrected chi connectivity index (χ3v) is 6.34. The van der Waals surface area contributed by atoms with Crippen molar-refractivity contribution in [2.75, 3.05) is 32.7 Å². The van der Waals surface area contributed by atoms with E-state index in [-0.39, 0.29) is 0 Å². The largest absolute Gasteiger partial charge is 0.302 e. The Kier molecular flexibility index (Phi) is 5.32. The lowest BCUT2D eigenvalue weighted by Gasteiger charge is -2.50. The standard InChI is InChI=1S/C22H30N4/c1-2-25-16-20(19-7-4-3-5-8-19)15-22(18-25)9-13-26(14-10-22)17-21-23-11-6-12-24-21/h3-8,11-12,20H,2,9-10,13-18H2,1H3. The summed E-state index contributed by atoms with van der Waals surface area (Å²) in [4.78, 5) is 14.0.